The van der Waals surface area contributed by atoms with E-state index in [0.29, 0.717) is 13.0 Å². The van der Waals surface area contributed by atoms with Gasteiger partial charge in [0.15, 0.2) is 0 Å². The number of aldehydes is 1. The SMILES string of the molecule is O=CCCCOCCc1ccccc1. The van der Waals surface area contributed by atoms with Crippen LogP contribution in [0.5, 0.6) is 0 Å². The molecular formula is C12H16O2. The molecule has 0 aliphatic rings. The standard InChI is InChI=1S/C12H16O2/c13-9-4-5-10-14-11-8-12-6-2-1-3-7-12/h1-3,6-7,9H,4-5,8,10-11H2. The van der Waals surface area contributed by atoms with Gasteiger partial charge in [-0.2, -0.15) is 0 Å². The molecule has 0 spiro atoms. The number of carbonyl (C=O) groups is 1. The highest BCUT2D eigenvalue weighted by Gasteiger charge is 1.91. The number of ether oxygens (including phenoxy) is 1. The molecule has 0 atom stereocenters. The van der Waals surface area contributed by atoms with Gasteiger partial charge in [-0.05, 0) is 18.4 Å². The molecular weight excluding hydrogens is 176 g/mol. The van der Waals surface area contributed by atoms with Gasteiger partial charge in [0.25, 0.3) is 0 Å². The van der Waals surface area contributed by atoms with Gasteiger partial charge < -0.3 is 9.53 Å². The van der Waals surface area contributed by atoms with Crippen molar-refractivity contribution in [2.24, 2.45) is 0 Å². The van der Waals surface area contributed by atoms with Crippen molar-refractivity contribution in [2.75, 3.05) is 13.2 Å². The quantitative estimate of drug-likeness (QED) is 0.489. The average molecular weight is 192 g/mol. The zero-order chi connectivity index (χ0) is 10.1. The van der Waals surface area contributed by atoms with E-state index >= 15 is 0 Å². The lowest BCUT2D eigenvalue weighted by molar-refractivity contribution is -0.108. The van der Waals surface area contributed by atoms with Gasteiger partial charge in [0, 0.05) is 13.0 Å². The maximum Gasteiger partial charge on any atom is 0.120 e. The van der Waals surface area contributed by atoms with Gasteiger partial charge in [0.1, 0.15) is 6.29 Å². The largest absolute Gasteiger partial charge is 0.381 e. The Morgan fingerprint density at radius 3 is 2.64 bits per heavy atom. The van der Waals surface area contributed by atoms with Gasteiger partial charge in [-0.25, -0.2) is 0 Å². The molecule has 0 N–H and O–H groups in total. The Hall–Kier alpha value is -1.15. The Bertz CT molecular complexity index is 244. The summed E-state index contributed by atoms with van der Waals surface area (Å²) < 4.78 is 5.38. The van der Waals surface area contributed by atoms with Crippen LogP contribution in [0.3, 0.4) is 0 Å². The average Bonchev–Trinajstić information content (AvgIpc) is 2.25. The van der Waals surface area contributed by atoms with Gasteiger partial charge >= 0.3 is 0 Å². The molecule has 2 nitrogen and oxygen atoms in total. The van der Waals surface area contributed by atoms with Crippen molar-refractivity contribution >= 4 is 6.29 Å². The van der Waals surface area contributed by atoms with E-state index in [4.69, 9.17) is 4.74 Å². The van der Waals surface area contributed by atoms with Gasteiger partial charge in [0.05, 0.1) is 6.61 Å². The van der Waals surface area contributed by atoms with E-state index in [0.717, 1.165) is 25.7 Å². The predicted octanol–water partition coefficient (Wildman–Crippen LogP) is 2.22. The number of unbranched alkanes of at least 4 members (excludes halogenated alkanes) is 1. The fourth-order valence-electron chi connectivity index (χ4n) is 1.21. The first-order chi connectivity index (χ1) is 6.93. The fourth-order valence-corrected chi connectivity index (χ4v) is 1.21. The Labute approximate surface area is 84.9 Å². The zero-order valence-corrected chi connectivity index (χ0v) is 8.32. The minimum absolute atomic E-state index is 0.603. The van der Waals surface area contributed by atoms with Crippen LogP contribution in [0.2, 0.25) is 0 Å². The molecule has 0 saturated heterocycles. The van der Waals surface area contributed by atoms with Crippen LogP contribution in [0.1, 0.15) is 18.4 Å². The van der Waals surface area contributed by atoms with Gasteiger partial charge in [-0.3, -0.25) is 0 Å². The van der Waals surface area contributed by atoms with Crippen LogP contribution in [0, 0.1) is 0 Å². The second kappa shape index (κ2) is 7.27. The predicted molar refractivity (Wildman–Crippen MR) is 56.3 cm³/mol. The maximum atomic E-state index is 10.0. The first-order valence-electron chi connectivity index (χ1n) is 4.99. The van der Waals surface area contributed by atoms with E-state index in [1.807, 2.05) is 18.2 Å². The van der Waals surface area contributed by atoms with E-state index in [1.165, 1.54) is 5.56 Å². The van der Waals surface area contributed by atoms with Gasteiger partial charge in [0.2, 0.25) is 0 Å². The summed E-state index contributed by atoms with van der Waals surface area (Å²) in [5.74, 6) is 0. The molecule has 0 aromatic heterocycles. The molecule has 0 radical (unpaired) electrons. The molecule has 2 heteroatoms. The third-order valence-corrected chi connectivity index (χ3v) is 1.99. The van der Waals surface area contributed by atoms with Crippen molar-refractivity contribution in [3.8, 4) is 0 Å². The van der Waals surface area contributed by atoms with Gasteiger partial charge in [-0.15, -0.1) is 0 Å². The van der Waals surface area contributed by atoms with Crippen LogP contribution in [0.15, 0.2) is 30.3 Å². The minimum Gasteiger partial charge on any atom is -0.381 e. The topological polar surface area (TPSA) is 26.3 Å². The van der Waals surface area contributed by atoms with E-state index in [2.05, 4.69) is 12.1 Å². The molecule has 0 heterocycles. The first kappa shape index (κ1) is 10.9. The maximum absolute atomic E-state index is 10.0. The van der Waals surface area contributed by atoms with Crippen LogP contribution < -0.4 is 0 Å². The molecule has 0 aliphatic carbocycles. The molecule has 0 aliphatic heterocycles. The van der Waals surface area contributed by atoms with Crippen molar-refractivity contribution in [1.82, 2.24) is 0 Å². The highest BCUT2D eigenvalue weighted by atomic mass is 16.5. The zero-order valence-electron chi connectivity index (χ0n) is 8.32. The molecule has 1 aromatic carbocycles. The van der Waals surface area contributed by atoms with E-state index in [-0.39, 0.29) is 0 Å². The minimum atomic E-state index is 0.603. The molecule has 1 rings (SSSR count). The van der Waals surface area contributed by atoms with Gasteiger partial charge in [-0.1, -0.05) is 30.3 Å². The first-order valence-corrected chi connectivity index (χ1v) is 4.99. The summed E-state index contributed by atoms with van der Waals surface area (Å²) in [4.78, 5) is 10.0. The number of carbonyl (C=O) groups excluding carboxylic acids is 1. The monoisotopic (exact) mass is 192 g/mol. The summed E-state index contributed by atoms with van der Waals surface area (Å²) in [5, 5.41) is 0. The van der Waals surface area contributed by atoms with Crippen molar-refractivity contribution in [3.63, 3.8) is 0 Å². The lowest BCUT2D eigenvalue weighted by atomic mass is 10.2. The smallest absolute Gasteiger partial charge is 0.120 e. The Morgan fingerprint density at radius 1 is 1.14 bits per heavy atom. The van der Waals surface area contributed by atoms with Crippen molar-refractivity contribution < 1.29 is 9.53 Å². The summed E-state index contributed by atoms with van der Waals surface area (Å²) in [6.45, 7) is 1.43. The van der Waals surface area contributed by atoms with Crippen LogP contribution >= 0.6 is 0 Å². The highest BCUT2D eigenvalue weighted by Crippen LogP contribution is 1.99. The summed E-state index contributed by atoms with van der Waals surface area (Å²) in [6.07, 6.45) is 3.31. The number of hydrogen-bond acceptors (Lipinski definition) is 2. The van der Waals surface area contributed by atoms with E-state index in [1.54, 1.807) is 0 Å². The second-order valence-electron chi connectivity index (χ2n) is 3.16. The van der Waals surface area contributed by atoms with E-state index in [9.17, 15) is 4.79 Å². The van der Waals surface area contributed by atoms with Crippen molar-refractivity contribution in [3.05, 3.63) is 35.9 Å². The molecule has 0 fully saturated rings. The highest BCUT2D eigenvalue weighted by molar-refractivity contribution is 5.48. The number of rotatable bonds is 7. The summed E-state index contributed by atoms with van der Waals surface area (Å²) >= 11 is 0. The third kappa shape index (κ3) is 4.77. The second-order valence-corrected chi connectivity index (χ2v) is 3.16. The molecule has 0 unspecified atom stereocenters. The Balaban J connectivity index is 2.02. The number of benzene rings is 1. The summed E-state index contributed by atoms with van der Waals surface area (Å²) in [5.41, 5.74) is 1.29. The van der Waals surface area contributed by atoms with Crippen LogP contribution in [0.4, 0.5) is 0 Å². The molecule has 0 saturated carbocycles. The molecule has 76 valence electrons. The van der Waals surface area contributed by atoms with Crippen LogP contribution in [-0.2, 0) is 16.0 Å². The van der Waals surface area contributed by atoms with Crippen molar-refractivity contribution in [1.29, 1.82) is 0 Å². The van der Waals surface area contributed by atoms with Crippen LogP contribution in [-0.4, -0.2) is 19.5 Å². The molecule has 14 heavy (non-hydrogen) atoms. The van der Waals surface area contributed by atoms with Crippen molar-refractivity contribution in [2.45, 2.75) is 19.3 Å². The van der Waals surface area contributed by atoms with E-state index < -0.39 is 0 Å². The third-order valence-electron chi connectivity index (χ3n) is 1.99. The Morgan fingerprint density at radius 2 is 1.93 bits per heavy atom. The normalized spacial score (nSPS) is 10.0. The lowest BCUT2D eigenvalue weighted by Crippen LogP contribution is -2.00. The summed E-state index contributed by atoms with van der Waals surface area (Å²) in [7, 11) is 0. The number of hydrogen-bond donors (Lipinski definition) is 0. The summed E-state index contributed by atoms with van der Waals surface area (Å²) in [6, 6.07) is 10.3. The Kier molecular flexibility index (Phi) is 5.68. The van der Waals surface area contributed by atoms with Crippen LogP contribution in [0.25, 0.3) is 0 Å². The fraction of sp³-hybridized carbons (Fsp3) is 0.417. The molecule has 0 amide bonds. The lowest BCUT2D eigenvalue weighted by Gasteiger charge is -2.02. The molecule has 1 aromatic rings. The molecule has 0 bridgehead atoms.